The average Bonchev–Trinajstić information content (AvgIpc) is 2.30. The van der Waals surface area contributed by atoms with Crippen molar-refractivity contribution in [2.75, 3.05) is 5.32 Å². The van der Waals surface area contributed by atoms with Gasteiger partial charge in [0.1, 0.15) is 5.75 Å². The maximum Gasteiger partial charge on any atom is 0.335 e. The lowest BCUT2D eigenvalue weighted by Crippen LogP contribution is -2.34. The van der Waals surface area contributed by atoms with E-state index >= 15 is 0 Å². The third-order valence-corrected chi connectivity index (χ3v) is 2.70. The average molecular weight is 252 g/mol. The molecule has 0 aliphatic rings. The van der Waals surface area contributed by atoms with Crippen molar-refractivity contribution in [1.82, 2.24) is 0 Å². The predicted molar refractivity (Wildman–Crippen MR) is 66.5 cm³/mol. The second kappa shape index (κ2) is 5.50. The molecule has 0 aliphatic carbocycles. The lowest BCUT2D eigenvalue weighted by molar-refractivity contribution is -0.119. The van der Waals surface area contributed by atoms with Crippen molar-refractivity contribution in [3.63, 3.8) is 0 Å². The summed E-state index contributed by atoms with van der Waals surface area (Å²) in [5.41, 5.74) is 5.63. The van der Waals surface area contributed by atoms with Gasteiger partial charge >= 0.3 is 5.97 Å². The summed E-state index contributed by atoms with van der Waals surface area (Å²) in [7, 11) is 0. The van der Waals surface area contributed by atoms with Crippen LogP contribution in [0.5, 0.6) is 5.75 Å². The minimum atomic E-state index is -1.13. The lowest BCUT2D eigenvalue weighted by atomic mass is 10.0. The zero-order valence-corrected chi connectivity index (χ0v) is 10.2. The number of carboxylic acid groups (broad SMARTS) is 1. The van der Waals surface area contributed by atoms with Crippen molar-refractivity contribution in [3.05, 3.63) is 23.8 Å². The van der Waals surface area contributed by atoms with E-state index in [1.807, 2.05) is 0 Å². The number of anilines is 1. The molecule has 1 amide bonds. The molecule has 0 fully saturated rings. The summed E-state index contributed by atoms with van der Waals surface area (Å²) in [6, 6.07) is 3.33. The molecule has 0 radical (unpaired) electrons. The molecule has 0 saturated carbocycles. The van der Waals surface area contributed by atoms with Crippen LogP contribution < -0.4 is 11.1 Å². The SMILES string of the molecule is CC(N)C(C)C(=O)Nc1cc(C(=O)O)ccc1O. The molecule has 0 aliphatic heterocycles. The number of benzene rings is 1. The van der Waals surface area contributed by atoms with Crippen molar-refractivity contribution in [3.8, 4) is 5.75 Å². The van der Waals surface area contributed by atoms with Gasteiger partial charge in [-0.05, 0) is 25.1 Å². The number of carbonyl (C=O) groups excluding carboxylic acids is 1. The fraction of sp³-hybridized carbons (Fsp3) is 0.333. The highest BCUT2D eigenvalue weighted by Gasteiger charge is 2.18. The molecule has 6 heteroatoms. The normalized spacial score (nSPS) is 13.7. The van der Waals surface area contributed by atoms with E-state index in [9.17, 15) is 14.7 Å². The zero-order chi connectivity index (χ0) is 13.9. The van der Waals surface area contributed by atoms with Gasteiger partial charge in [-0.3, -0.25) is 4.79 Å². The maximum atomic E-state index is 11.7. The van der Waals surface area contributed by atoms with E-state index in [0.717, 1.165) is 0 Å². The molecule has 18 heavy (non-hydrogen) atoms. The summed E-state index contributed by atoms with van der Waals surface area (Å²) >= 11 is 0. The molecule has 0 saturated heterocycles. The number of amides is 1. The quantitative estimate of drug-likeness (QED) is 0.597. The monoisotopic (exact) mass is 252 g/mol. The highest BCUT2D eigenvalue weighted by atomic mass is 16.4. The Balaban J connectivity index is 2.93. The van der Waals surface area contributed by atoms with Gasteiger partial charge < -0.3 is 21.3 Å². The molecule has 1 aromatic rings. The van der Waals surface area contributed by atoms with E-state index in [1.54, 1.807) is 13.8 Å². The van der Waals surface area contributed by atoms with E-state index in [0.29, 0.717) is 0 Å². The molecule has 0 heterocycles. The number of carbonyl (C=O) groups is 2. The first-order chi connectivity index (χ1) is 8.32. The third-order valence-electron chi connectivity index (χ3n) is 2.70. The molecule has 0 aromatic heterocycles. The number of phenolic OH excluding ortho intramolecular Hbond substituents is 1. The number of nitrogens with one attached hydrogen (secondary N) is 1. The van der Waals surface area contributed by atoms with Crippen LogP contribution in [0.25, 0.3) is 0 Å². The van der Waals surface area contributed by atoms with Gasteiger partial charge in [-0.1, -0.05) is 6.92 Å². The second-order valence-corrected chi connectivity index (χ2v) is 4.17. The number of phenols is 1. The van der Waals surface area contributed by atoms with Crippen molar-refractivity contribution in [2.24, 2.45) is 11.7 Å². The first-order valence-corrected chi connectivity index (χ1v) is 5.45. The Morgan fingerprint density at radius 2 is 1.94 bits per heavy atom. The maximum absolute atomic E-state index is 11.7. The van der Waals surface area contributed by atoms with Crippen LogP contribution in [0.2, 0.25) is 0 Å². The Kier molecular flexibility index (Phi) is 4.28. The molecule has 98 valence electrons. The van der Waals surface area contributed by atoms with Gasteiger partial charge in [-0.2, -0.15) is 0 Å². The van der Waals surface area contributed by atoms with Crippen LogP contribution >= 0.6 is 0 Å². The van der Waals surface area contributed by atoms with Crippen LogP contribution in [-0.4, -0.2) is 28.1 Å². The summed E-state index contributed by atoms with van der Waals surface area (Å²) in [5, 5.41) is 20.8. The summed E-state index contributed by atoms with van der Waals surface area (Å²) in [6.45, 7) is 3.34. The Morgan fingerprint density at radius 1 is 1.33 bits per heavy atom. The van der Waals surface area contributed by atoms with Gasteiger partial charge in [0.05, 0.1) is 17.2 Å². The predicted octanol–water partition coefficient (Wildman–Crippen LogP) is 1.01. The highest BCUT2D eigenvalue weighted by molar-refractivity contribution is 5.96. The van der Waals surface area contributed by atoms with Crippen LogP contribution in [0.4, 0.5) is 5.69 Å². The molecule has 0 spiro atoms. The van der Waals surface area contributed by atoms with Gasteiger partial charge in [0.15, 0.2) is 0 Å². The third kappa shape index (κ3) is 3.21. The number of rotatable bonds is 4. The molecule has 1 aromatic carbocycles. The van der Waals surface area contributed by atoms with E-state index in [-0.39, 0.29) is 28.9 Å². The number of hydrogen-bond acceptors (Lipinski definition) is 4. The first kappa shape index (κ1) is 14.0. The van der Waals surface area contributed by atoms with Crippen molar-refractivity contribution in [1.29, 1.82) is 0 Å². The summed E-state index contributed by atoms with van der Waals surface area (Å²) in [6.07, 6.45) is 0. The van der Waals surface area contributed by atoms with Crippen molar-refractivity contribution < 1.29 is 19.8 Å². The standard InChI is InChI=1S/C12H16N2O4/c1-6(7(2)13)11(16)14-9-5-8(12(17)18)3-4-10(9)15/h3-7,15H,13H2,1-2H3,(H,14,16)(H,17,18). The van der Waals surface area contributed by atoms with E-state index < -0.39 is 11.9 Å². The van der Waals surface area contributed by atoms with E-state index in [4.69, 9.17) is 10.8 Å². The Morgan fingerprint density at radius 3 is 2.44 bits per heavy atom. The Bertz CT molecular complexity index is 471. The minimum absolute atomic E-state index is 0.0171. The zero-order valence-electron chi connectivity index (χ0n) is 10.2. The van der Waals surface area contributed by atoms with Gasteiger partial charge in [0, 0.05) is 6.04 Å². The molecule has 2 atom stereocenters. The van der Waals surface area contributed by atoms with E-state index in [1.165, 1.54) is 18.2 Å². The van der Waals surface area contributed by atoms with Crippen LogP contribution in [-0.2, 0) is 4.79 Å². The molecule has 0 bridgehead atoms. The fourth-order valence-electron chi connectivity index (χ4n) is 1.25. The van der Waals surface area contributed by atoms with Gasteiger partial charge in [-0.15, -0.1) is 0 Å². The Labute approximate surface area is 104 Å². The Hall–Kier alpha value is -2.08. The molecule has 6 nitrogen and oxygen atoms in total. The molecular formula is C12H16N2O4. The minimum Gasteiger partial charge on any atom is -0.506 e. The second-order valence-electron chi connectivity index (χ2n) is 4.17. The smallest absolute Gasteiger partial charge is 0.335 e. The first-order valence-electron chi connectivity index (χ1n) is 5.45. The summed E-state index contributed by atoms with van der Waals surface area (Å²) in [5.74, 6) is -2.14. The molecular weight excluding hydrogens is 236 g/mol. The van der Waals surface area contributed by atoms with Crippen LogP contribution in [0.15, 0.2) is 18.2 Å². The topological polar surface area (TPSA) is 113 Å². The van der Waals surface area contributed by atoms with Gasteiger partial charge in [0.25, 0.3) is 0 Å². The summed E-state index contributed by atoms with van der Waals surface area (Å²) in [4.78, 5) is 22.5. The van der Waals surface area contributed by atoms with Crippen LogP contribution in [0.3, 0.4) is 0 Å². The number of nitrogens with two attached hydrogens (primary N) is 1. The number of aromatic carboxylic acids is 1. The van der Waals surface area contributed by atoms with Gasteiger partial charge in [0.2, 0.25) is 5.91 Å². The van der Waals surface area contributed by atoms with Crippen LogP contribution in [0, 0.1) is 5.92 Å². The molecule has 5 N–H and O–H groups in total. The van der Waals surface area contributed by atoms with Crippen LogP contribution in [0.1, 0.15) is 24.2 Å². The van der Waals surface area contributed by atoms with Crippen molar-refractivity contribution >= 4 is 17.6 Å². The number of hydrogen-bond donors (Lipinski definition) is 4. The van der Waals surface area contributed by atoms with E-state index in [2.05, 4.69) is 5.32 Å². The lowest BCUT2D eigenvalue weighted by Gasteiger charge is -2.16. The van der Waals surface area contributed by atoms with Crippen molar-refractivity contribution in [2.45, 2.75) is 19.9 Å². The molecule has 2 unspecified atom stereocenters. The highest BCUT2D eigenvalue weighted by Crippen LogP contribution is 2.25. The molecule has 1 rings (SSSR count). The van der Waals surface area contributed by atoms with Gasteiger partial charge in [-0.25, -0.2) is 4.79 Å². The largest absolute Gasteiger partial charge is 0.506 e. The summed E-state index contributed by atoms with van der Waals surface area (Å²) < 4.78 is 0. The number of carboxylic acids is 1. The number of aromatic hydroxyl groups is 1. The fourth-order valence-corrected chi connectivity index (χ4v) is 1.25.